The fourth-order valence-electron chi connectivity index (χ4n) is 3.91. The molecule has 1 aliphatic carbocycles. The molecule has 1 aliphatic rings. The van der Waals surface area contributed by atoms with Gasteiger partial charge in [0.2, 0.25) is 5.91 Å². The molecule has 1 unspecified atom stereocenters. The van der Waals surface area contributed by atoms with Crippen LogP contribution in [0.25, 0.3) is 0 Å². The van der Waals surface area contributed by atoms with Crippen molar-refractivity contribution >= 4 is 37.4 Å². The normalized spacial score (nSPS) is 14.8. The molecule has 1 fully saturated rings. The molecule has 0 radical (unpaired) electrons. The number of carbonyl (C=O) groups is 1. The first-order chi connectivity index (χ1) is 16.9. The number of benzene rings is 2. The van der Waals surface area contributed by atoms with Crippen LogP contribution in [0, 0.1) is 17.2 Å². The minimum atomic E-state index is -1.71. The number of aryl methyl sites for hydroxylation is 1. The summed E-state index contributed by atoms with van der Waals surface area (Å²) in [4.78, 5) is 15.2. The van der Waals surface area contributed by atoms with E-state index in [1.54, 1.807) is 6.07 Å². The average Bonchev–Trinajstić information content (AvgIpc) is 3.66. The van der Waals surface area contributed by atoms with E-state index in [0.717, 1.165) is 43.4 Å². The van der Waals surface area contributed by atoms with Gasteiger partial charge in [-0.1, -0.05) is 80.4 Å². The molecule has 0 saturated heterocycles. The van der Waals surface area contributed by atoms with Crippen molar-refractivity contribution in [3.8, 4) is 6.07 Å². The largest absolute Gasteiger partial charge is 0.417 e. The summed E-state index contributed by atoms with van der Waals surface area (Å²) >= 11 is 12.5. The molecule has 2 aromatic rings. The first-order valence-corrected chi connectivity index (χ1v) is 16.4. The van der Waals surface area contributed by atoms with Gasteiger partial charge in [0.15, 0.2) is 8.32 Å². The standard InChI is InChI=1S/C29H38Cl2N2O2Si/c1-29(2,3)36(4,5)35-17-7-8-21-11-13-22(14-12-21)18-24(19-32)28(34)33(25-15-16-25)20-23-9-6-10-26(30)27(23)31/h6,9-14,24-25H,7-8,15-18,20H2,1-5H3. The van der Waals surface area contributed by atoms with Crippen LogP contribution in [0.3, 0.4) is 0 Å². The van der Waals surface area contributed by atoms with E-state index in [4.69, 9.17) is 27.6 Å². The Kier molecular flexibility index (Phi) is 9.68. The molecule has 1 atom stereocenters. The first-order valence-electron chi connectivity index (χ1n) is 12.8. The van der Waals surface area contributed by atoms with E-state index in [1.807, 2.05) is 29.2 Å². The van der Waals surface area contributed by atoms with Crippen molar-refractivity contribution in [3.63, 3.8) is 0 Å². The van der Waals surface area contributed by atoms with Gasteiger partial charge in [-0.25, -0.2) is 0 Å². The highest BCUT2D eigenvalue weighted by Crippen LogP contribution is 2.36. The van der Waals surface area contributed by atoms with Gasteiger partial charge < -0.3 is 9.33 Å². The topological polar surface area (TPSA) is 53.3 Å². The monoisotopic (exact) mass is 544 g/mol. The fraction of sp³-hybridized carbons (Fsp3) is 0.517. The molecule has 194 valence electrons. The minimum absolute atomic E-state index is 0.136. The van der Waals surface area contributed by atoms with Gasteiger partial charge in [-0.15, -0.1) is 0 Å². The SMILES string of the molecule is CC(C)(C)[Si](C)(C)OCCCc1ccc(CC(C#N)C(=O)N(Cc2cccc(Cl)c2Cl)C2CC2)cc1. The van der Waals surface area contributed by atoms with Gasteiger partial charge in [-0.05, 0) is 73.0 Å². The molecule has 36 heavy (non-hydrogen) atoms. The second-order valence-corrected chi connectivity index (χ2v) is 16.9. The van der Waals surface area contributed by atoms with Crippen LogP contribution in [0.5, 0.6) is 0 Å². The maximum atomic E-state index is 13.4. The van der Waals surface area contributed by atoms with Crippen molar-refractivity contribution in [2.24, 2.45) is 5.92 Å². The van der Waals surface area contributed by atoms with Gasteiger partial charge >= 0.3 is 0 Å². The summed E-state index contributed by atoms with van der Waals surface area (Å²) in [7, 11) is -1.71. The Morgan fingerprint density at radius 3 is 2.36 bits per heavy atom. The molecule has 0 spiro atoms. The molecular formula is C29H38Cl2N2O2Si. The summed E-state index contributed by atoms with van der Waals surface area (Å²) in [6, 6.07) is 16.1. The molecule has 0 heterocycles. The molecule has 1 saturated carbocycles. The molecule has 0 aromatic heterocycles. The molecule has 0 N–H and O–H groups in total. The van der Waals surface area contributed by atoms with Crippen molar-refractivity contribution in [1.29, 1.82) is 5.26 Å². The van der Waals surface area contributed by atoms with Crippen LogP contribution in [-0.2, 0) is 28.6 Å². The predicted molar refractivity (Wildman–Crippen MR) is 151 cm³/mol. The van der Waals surface area contributed by atoms with Gasteiger partial charge in [0.25, 0.3) is 0 Å². The highest BCUT2D eigenvalue weighted by molar-refractivity contribution is 6.74. The molecule has 0 bridgehead atoms. The van der Waals surface area contributed by atoms with Crippen LogP contribution in [0.15, 0.2) is 42.5 Å². The quantitative estimate of drug-likeness (QED) is 0.214. The van der Waals surface area contributed by atoms with Crippen LogP contribution in [0.4, 0.5) is 0 Å². The van der Waals surface area contributed by atoms with Crippen LogP contribution in [0.1, 0.15) is 56.7 Å². The number of rotatable bonds is 11. The summed E-state index contributed by atoms with van der Waals surface area (Å²) in [5, 5.41) is 11.0. The number of amides is 1. The molecule has 0 aliphatic heterocycles. The highest BCUT2D eigenvalue weighted by atomic mass is 35.5. The maximum absolute atomic E-state index is 13.4. The van der Waals surface area contributed by atoms with Crippen LogP contribution < -0.4 is 0 Å². The Bertz CT molecular complexity index is 1090. The maximum Gasteiger partial charge on any atom is 0.240 e. The number of halogens is 2. The van der Waals surface area contributed by atoms with Gasteiger partial charge in [-0.3, -0.25) is 4.79 Å². The number of nitrogens with zero attached hydrogens (tertiary/aromatic N) is 2. The second kappa shape index (κ2) is 12.1. The number of hydrogen-bond donors (Lipinski definition) is 0. The first kappa shape index (κ1) is 28.7. The zero-order chi connectivity index (χ0) is 26.5. The Morgan fingerprint density at radius 1 is 1.14 bits per heavy atom. The van der Waals surface area contributed by atoms with E-state index in [-0.39, 0.29) is 17.0 Å². The number of hydrogen-bond acceptors (Lipinski definition) is 3. The average molecular weight is 546 g/mol. The van der Waals surface area contributed by atoms with Gasteiger partial charge in [0.1, 0.15) is 5.92 Å². The summed E-state index contributed by atoms with van der Waals surface area (Å²) in [5.41, 5.74) is 3.04. The van der Waals surface area contributed by atoms with E-state index in [0.29, 0.717) is 23.0 Å². The van der Waals surface area contributed by atoms with Crippen LogP contribution in [0.2, 0.25) is 28.2 Å². The Morgan fingerprint density at radius 2 is 1.78 bits per heavy atom. The molecule has 2 aromatic carbocycles. The lowest BCUT2D eigenvalue weighted by Gasteiger charge is -2.36. The lowest BCUT2D eigenvalue weighted by atomic mass is 9.97. The Balaban J connectivity index is 1.57. The summed E-state index contributed by atoms with van der Waals surface area (Å²) in [6.45, 7) is 12.5. The molecular weight excluding hydrogens is 507 g/mol. The second-order valence-electron chi connectivity index (χ2n) is 11.3. The van der Waals surface area contributed by atoms with E-state index in [9.17, 15) is 10.1 Å². The zero-order valence-corrected chi connectivity index (χ0v) is 24.6. The minimum Gasteiger partial charge on any atom is -0.417 e. The predicted octanol–water partition coefficient (Wildman–Crippen LogP) is 7.82. The van der Waals surface area contributed by atoms with Crippen molar-refractivity contribution < 1.29 is 9.22 Å². The van der Waals surface area contributed by atoms with Crippen molar-refractivity contribution in [1.82, 2.24) is 4.90 Å². The smallest absolute Gasteiger partial charge is 0.240 e. The molecule has 7 heteroatoms. The van der Waals surface area contributed by atoms with Gasteiger partial charge in [0.05, 0.1) is 16.1 Å². The summed E-state index contributed by atoms with van der Waals surface area (Å²) in [5.74, 6) is -0.865. The van der Waals surface area contributed by atoms with Gasteiger partial charge in [0, 0.05) is 19.2 Å². The Hall–Kier alpha value is -1.84. The molecule has 3 rings (SSSR count). The lowest BCUT2D eigenvalue weighted by molar-refractivity contribution is -0.135. The van der Waals surface area contributed by atoms with Crippen molar-refractivity contribution in [2.75, 3.05) is 6.61 Å². The number of carbonyl (C=O) groups excluding carboxylic acids is 1. The Labute approximate surface area is 227 Å². The zero-order valence-electron chi connectivity index (χ0n) is 22.1. The summed E-state index contributed by atoms with van der Waals surface area (Å²) < 4.78 is 6.28. The van der Waals surface area contributed by atoms with Gasteiger partial charge in [-0.2, -0.15) is 5.26 Å². The number of nitriles is 1. The fourth-order valence-corrected chi connectivity index (χ4v) is 5.38. The molecule has 1 amide bonds. The summed E-state index contributed by atoms with van der Waals surface area (Å²) in [6.07, 6.45) is 4.24. The van der Waals surface area contributed by atoms with E-state index in [2.05, 4.69) is 52.1 Å². The van der Waals surface area contributed by atoms with E-state index >= 15 is 0 Å². The van der Waals surface area contributed by atoms with Crippen molar-refractivity contribution in [2.45, 2.75) is 83.6 Å². The van der Waals surface area contributed by atoms with Crippen molar-refractivity contribution in [3.05, 3.63) is 69.2 Å². The highest BCUT2D eigenvalue weighted by Gasteiger charge is 2.37. The third kappa shape index (κ3) is 7.58. The van der Waals surface area contributed by atoms with Crippen LogP contribution >= 0.6 is 23.2 Å². The third-order valence-corrected chi connectivity index (χ3v) is 12.8. The molecule has 4 nitrogen and oxygen atoms in total. The van der Waals surface area contributed by atoms with Crippen LogP contribution in [-0.4, -0.2) is 31.8 Å². The third-order valence-electron chi connectivity index (χ3n) is 7.44. The van der Waals surface area contributed by atoms with E-state index < -0.39 is 14.2 Å². The lowest BCUT2D eigenvalue weighted by Crippen LogP contribution is -2.41. The van der Waals surface area contributed by atoms with E-state index in [1.165, 1.54) is 5.56 Å².